The molecular weight excluding hydrogens is 387 g/mol. The number of nitrogens with zero attached hydrogens (tertiary/aromatic N) is 5. The molecular formula is C19H14F3N5S. The minimum absolute atomic E-state index is 0.139. The number of rotatable bonds is 4. The van der Waals surface area contributed by atoms with Gasteiger partial charge < -0.3 is 0 Å². The lowest BCUT2D eigenvalue weighted by Gasteiger charge is -2.06. The summed E-state index contributed by atoms with van der Waals surface area (Å²) in [5.41, 5.74) is 2.48. The van der Waals surface area contributed by atoms with Gasteiger partial charge in [0, 0.05) is 16.5 Å². The maximum atomic E-state index is 12.9. The van der Waals surface area contributed by atoms with Gasteiger partial charge in [-0.05, 0) is 24.3 Å². The van der Waals surface area contributed by atoms with E-state index in [4.69, 9.17) is 0 Å². The molecule has 0 unspecified atom stereocenters. The van der Waals surface area contributed by atoms with Crippen LogP contribution in [0.3, 0.4) is 0 Å². The molecule has 4 rings (SSSR count). The average molecular weight is 401 g/mol. The van der Waals surface area contributed by atoms with Crippen molar-refractivity contribution in [3.8, 4) is 22.0 Å². The van der Waals surface area contributed by atoms with Crippen LogP contribution in [0.1, 0.15) is 16.8 Å². The fraction of sp³-hybridized carbons (Fsp3) is 0.158. The number of hydrogen-bond donors (Lipinski definition) is 0. The van der Waals surface area contributed by atoms with Crippen molar-refractivity contribution in [1.82, 2.24) is 25.2 Å². The zero-order valence-electron chi connectivity index (χ0n) is 14.7. The molecule has 0 radical (unpaired) electrons. The molecule has 0 bridgehead atoms. The predicted octanol–water partition coefficient (Wildman–Crippen LogP) is 4.84. The van der Waals surface area contributed by atoms with Gasteiger partial charge in [-0.1, -0.05) is 42.0 Å². The number of thiazole rings is 1. The second-order valence-electron chi connectivity index (χ2n) is 6.23. The lowest BCUT2D eigenvalue weighted by molar-refractivity contribution is -0.137. The molecule has 0 saturated heterocycles. The largest absolute Gasteiger partial charge is 0.416 e. The zero-order chi connectivity index (χ0) is 19.7. The van der Waals surface area contributed by atoms with Crippen LogP contribution in [0.5, 0.6) is 0 Å². The molecule has 2 heterocycles. The Labute approximate surface area is 162 Å². The number of aromatic nitrogens is 5. The molecule has 9 heteroatoms. The van der Waals surface area contributed by atoms with Crippen molar-refractivity contribution >= 4 is 11.3 Å². The van der Waals surface area contributed by atoms with E-state index in [-0.39, 0.29) is 17.9 Å². The summed E-state index contributed by atoms with van der Waals surface area (Å²) < 4.78 is 38.6. The Balaban J connectivity index is 1.52. The van der Waals surface area contributed by atoms with E-state index in [0.29, 0.717) is 0 Å². The van der Waals surface area contributed by atoms with Gasteiger partial charge >= 0.3 is 6.18 Å². The highest BCUT2D eigenvalue weighted by Gasteiger charge is 2.30. The van der Waals surface area contributed by atoms with Gasteiger partial charge in [0.15, 0.2) is 0 Å². The summed E-state index contributed by atoms with van der Waals surface area (Å²) in [4.78, 5) is 5.90. The Kier molecular flexibility index (Phi) is 4.68. The predicted molar refractivity (Wildman–Crippen MR) is 99.6 cm³/mol. The Morgan fingerprint density at radius 2 is 1.82 bits per heavy atom. The lowest BCUT2D eigenvalue weighted by Crippen LogP contribution is -2.05. The number of halogens is 3. The van der Waals surface area contributed by atoms with Gasteiger partial charge in [-0.25, -0.2) is 4.98 Å². The summed E-state index contributed by atoms with van der Waals surface area (Å²) in [6, 6.07) is 12.9. The van der Waals surface area contributed by atoms with Crippen LogP contribution in [0.15, 0.2) is 53.9 Å². The second kappa shape index (κ2) is 7.16. The molecule has 0 fully saturated rings. The maximum absolute atomic E-state index is 12.9. The third-order valence-electron chi connectivity index (χ3n) is 4.05. The van der Waals surface area contributed by atoms with Gasteiger partial charge in [0.1, 0.15) is 11.6 Å². The molecule has 0 N–H and O–H groups in total. The maximum Gasteiger partial charge on any atom is 0.416 e. The highest BCUT2D eigenvalue weighted by atomic mass is 32.1. The van der Waals surface area contributed by atoms with E-state index in [1.165, 1.54) is 33.8 Å². The fourth-order valence-corrected chi connectivity index (χ4v) is 3.43. The molecule has 0 atom stereocenters. The van der Waals surface area contributed by atoms with Crippen LogP contribution in [-0.4, -0.2) is 25.2 Å². The van der Waals surface area contributed by atoms with Crippen molar-refractivity contribution in [2.75, 3.05) is 0 Å². The summed E-state index contributed by atoms with van der Waals surface area (Å²) in [6.07, 6.45) is -4.42. The SMILES string of the molecule is Cc1ccc(-c2nc(Cn3nnc(-c4cccc(C(F)(F)F)c4)n3)cs2)cc1. The van der Waals surface area contributed by atoms with Gasteiger partial charge in [0.2, 0.25) is 5.82 Å². The molecule has 142 valence electrons. The van der Waals surface area contributed by atoms with Gasteiger partial charge in [-0.15, -0.1) is 21.5 Å². The lowest BCUT2D eigenvalue weighted by atomic mass is 10.1. The first-order valence-electron chi connectivity index (χ1n) is 8.35. The Morgan fingerprint density at radius 3 is 2.57 bits per heavy atom. The zero-order valence-corrected chi connectivity index (χ0v) is 15.5. The Morgan fingerprint density at radius 1 is 1.04 bits per heavy atom. The second-order valence-corrected chi connectivity index (χ2v) is 7.09. The summed E-state index contributed by atoms with van der Waals surface area (Å²) >= 11 is 1.51. The summed E-state index contributed by atoms with van der Waals surface area (Å²) in [5, 5.41) is 14.8. The number of aryl methyl sites for hydroxylation is 1. The number of alkyl halides is 3. The number of hydrogen-bond acceptors (Lipinski definition) is 5. The molecule has 4 aromatic rings. The van der Waals surface area contributed by atoms with E-state index >= 15 is 0 Å². The van der Waals surface area contributed by atoms with Crippen molar-refractivity contribution in [1.29, 1.82) is 0 Å². The van der Waals surface area contributed by atoms with E-state index in [9.17, 15) is 13.2 Å². The standard InChI is InChI=1S/C19H14F3N5S/c1-12-5-7-13(8-6-12)18-23-16(11-28-18)10-27-25-17(24-26-27)14-3-2-4-15(9-14)19(20,21)22/h2-9,11H,10H2,1H3. The first-order chi connectivity index (χ1) is 13.4. The topological polar surface area (TPSA) is 56.5 Å². The van der Waals surface area contributed by atoms with Gasteiger partial charge in [0.05, 0.1) is 11.3 Å². The first kappa shape index (κ1) is 18.3. The van der Waals surface area contributed by atoms with Crippen LogP contribution < -0.4 is 0 Å². The molecule has 2 aromatic heterocycles. The average Bonchev–Trinajstić information content (AvgIpc) is 3.32. The molecule has 0 saturated carbocycles. The van der Waals surface area contributed by atoms with E-state index in [2.05, 4.69) is 20.4 Å². The third kappa shape index (κ3) is 3.94. The molecule has 0 amide bonds. The molecule has 0 aliphatic rings. The number of benzene rings is 2. The van der Waals surface area contributed by atoms with Crippen LogP contribution in [0.25, 0.3) is 22.0 Å². The molecule has 0 spiro atoms. The summed E-state index contributed by atoms with van der Waals surface area (Å²) in [6.45, 7) is 2.31. The van der Waals surface area contributed by atoms with E-state index in [1.807, 2.05) is 36.6 Å². The fourth-order valence-electron chi connectivity index (χ4n) is 2.61. The smallest absolute Gasteiger partial charge is 0.239 e. The van der Waals surface area contributed by atoms with Crippen LogP contribution >= 0.6 is 11.3 Å². The number of tetrazole rings is 1. The Hall–Kier alpha value is -3.07. The summed E-state index contributed by atoms with van der Waals surface area (Å²) in [5.74, 6) is 0.139. The van der Waals surface area contributed by atoms with E-state index in [1.54, 1.807) is 0 Å². The minimum atomic E-state index is -4.42. The van der Waals surface area contributed by atoms with Gasteiger partial charge in [-0.2, -0.15) is 18.0 Å². The molecule has 28 heavy (non-hydrogen) atoms. The highest BCUT2D eigenvalue weighted by molar-refractivity contribution is 7.13. The van der Waals surface area contributed by atoms with Crippen LogP contribution in [0.2, 0.25) is 0 Å². The molecule has 0 aliphatic heterocycles. The van der Waals surface area contributed by atoms with Crippen molar-refractivity contribution < 1.29 is 13.2 Å². The van der Waals surface area contributed by atoms with E-state index in [0.717, 1.165) is 28.4 Å². The Bertz CT molecular complexity index is 1100. The van der Waals surface area contributed by atoms with Crippen molar-refractivity contribution in [3.63, 3.8) is 0 Å². The third-order valence-corrected chi connectivity index (χ3v) is 4.99. The van der Waals surface area contributed by atoms with Gasteiger partial charge in [0.25, 0.3) is 0 Å². The summed E-state index contributed by atoms with van der Waals surface area (Å²) in [7, 11) is 0. The van der Waals surface area contributed by atoms with Crippen LogP contribution in [0, 0.1) is 6.92 Å². The quantitative estimate of drug-likeness (QED) is 0.491. The molecule has 5 nitrogen and oxygen atoms in total. The van der Waals surface area contributed by atoms with Crippen molar-refractivity contribution in [2.24, 2.45) is 0 Å². The molecule has 0 aliphatic carbocycles. The molecule has 2 aromatic carbocycles. The monoisotopic (exact) mass is 401 g/mol. The minimum Gasteiger partial charge on any atom is -0.239 e. The van der Waals surface area contributed by atoms with Crippen LogP contribution in [-0.2, 0) is 12.7 Å². The first-order valence-corrected chi connectivity index (χ1v) is 9.23. The van der Waals surface area contributed by atoms with E-state index < -0.39 is 11.7 Å². The van der Waals surface area contributed by atoms with Crippen LogP contribution in [0.4, 0.5) is 13.2 Å². The highest BCUT2D eigenvalue weighted by Crippen LogP contribution is 2.31. The van der Waals surface area contributed by atoms with Crippen molar-refractivity contribution in [3.05, 3.63) is 70.7 Å². The van der Waals surface area contributed by atoms with Crippen molar-refractivity contribution in [2.45, 2.75) is 19.6 Å². The normalized spacial score (nSPS) is 11.7. The van der Waals surface area contributed by atoms with Gasteiger partial charge in [-0.3, -0.25) is 0 Å².